The average molecular weight is 452 g/mol. The summed E-state index contributed by atoms with van der Waals surface area (Å²) in [5.41, 5.74) is 1.04. The molecule has 2 heterocycles. The van der Waals surface area contributed by atoms with Crippen molar-refractivity contribution in [2.45, 2.75) is 32.5 Å². The summed E-state index contributed by atoms with van der Waals surface area (Å²) in [6, 6.07) is 16.3. The zero-order valence-corrected chi connectivity index (χ0v) is 18.4. The molecule has 0 bridgehead atoms. The fraction of sp³-hybridized carbons (Fsp3) is 0.200. The number of aliphatic hydroxyl groups is 1. The lowest BCUT2D eigenvalue weighted by Crippen LogP contribution is -2.29. The first-order valence-corrected chi connectivity index (χ1v) is 10.6. The van der Waals surface area contributed by atoms with E-state index in [4.69, 9.17) is 20.8 Å². The third-order valence-electron chi connectivity index (χ3n) is 5.11. The molecule has 164 valence electrons. The van der Waals surface area contributed by atoms with E-state index in [2.05, 4.69) is 0 Å². The van der Waals surface area contributed by atoms with E-state index in [1.807, 2.05) is 13.8 Å². The first-order valence-electron chi connectivity index (χ1n) is 10.2. The second kappa shape index (κ2) is 8.93. The van der Waals surface area contributed by atoms with Gasteiger partial charge in [0.2, 0.25) is 0 Å². The molecular weight excluding hydrogens is 430 g/mol. The summed E-state index contributed by atoms with van der Waals surface area (Å²) in [6.07, 6.45) is 1.45. The molecule has 1 fully saturated rings. The Bertz CT molecular complexity index is 1170. The molecule has 0 aliphatic carbocycles. The summed E-state index contributed by atoms with van der Waals surface area (Å²) in [5.74, 6) is -0.656. The van der Waals surface area contributed by atoms with Gasteiger partial charge in [0, 0.05) is 10.6 Å². The van der Waals surface area contributed by atoms with Crippen molar-refractivity contribution < 1.29 is 23.8 Å². The number of likely N-dealkylation sites (tertiary alicyclic amines) is 1. The van der Waals surface area contributed by atoms with Crippen molar-refractivity contribution >= 4 is 29.1 Å². The lowest BCUT2D eigenvalue weighted by atomic mass is 9.95. The Morgan fingerprint density at radius 2 is 1.88 bits per heavy atom. The van der Waals surface area contributed by atoms with Gasteiger partial charge in [-0.25, -0.2) is 0 Å². The molecule has 7 heteroatoms. The van der Waals surface area contributed by atoms with Gasteiger partial charge in [-0.3, -0.25) is 9.59 Å². The zero-order chi connectivity index (χ0) is 22.8. The zero-order valence-electron chi connectivity index (χ0n) is 17.6. The summed E-state index contributed by atoms with van der Waals surface area (Å²) in [7, 11) is 0. The maximum absolute atomic E-state index is 13.1. The van der Waals surface area contributed by atoms with Gasteiger partial charge in [-0.1, -0.05) is 35.9 Å². The van der Waals surface area contributed by atoms with Crippen LogP contribution in [-0.4, -0.2) is 27.8 Å². The Kier molecular flexibility index (Phi) is 6.06. The van der Waals surface area contributed by atoms with Crippen LogP contribution in [0.5, 0.6) is 5.75 Å². The first-order chi connectivity index (χ1) is 15.3. The van der Waals surface area contributed by atoms with Gasteiger partial charge in [0.05, 0.1) is 30.5 Å². The highest BCUT2D eigenvalue weighted by atomic mass is 35.5. The number of amides is 1. The molecule has 1 aliphatic rings. The number of Topliss-reactive ketones (excluding diaryl/α,β-unsaturated/α-hetero) is 1. The minimum Gasteiger partial charge on any atom is -0.507 e. The molecule has 6 nitrogen and oxygen atoms in total. The fourth-order valence-electron chi connectivity index (χ4n) is 3.75. The monoisotopic (exact) mass is 451 g/mol. The molecule has 0 radical (unpaired) electrons. The predicted molar refractivity (Wildman–Crippen MR) is 120 cm³/mol. The molecule has 1 unspecified atom stereocenters. The number of hydrogen-bond acceptors (Lipinski definition) is 5. The number of ether oxygens (including phenoxy) is 1. The number of carbonyl (C=O) groups excluding carboxylic acids is 2. The molecule has 1 amide bonds. The second-order valence-electron chi connectivity index (χ2n) is 7.75. The van der Waals surface area contributed by atoms with Gasteiger partial charge in [0.1, 0.15) is 17.3 Å². The predicted octanol–water partition coefficient (Wildman–Crippen LogP) is 5.34. The number of benzene rings is 2. The van der Waals surface area contributed by atoms with E-state index in [0.29, 0.717) is 27.7 Å². The highest BCUT2D eigenvalue weighted by molar-refractivity contribution is 6.46. The van der Waals surface area contributed by atoms with Crippen LogP contribution in [0.25, 0.3) is 5.76 Å². The molecule has 1 saturated heterocycles. The standard InChI is InChI=1S/C25H22ClNO5/c1-15(2)32-19-6-3-5-17(13-19)23(28)21-22(16-8-10-18(26)11-9-16)27(25(30)24(21)29)14-20-7-4-12-31-20/h3-13,15,22,28H,14H2,1-2H3/b23-21-. The molecule has 3 aromatic rings. The maximum atomic E-state index is 13.1. The Hall–Kier alpha value is -3.51. The third-order valence-corrected chi connectivity index (χ3v) is 5.36. The van der Waals surface area contributed by atoms with E-state index in [-0.39, 0.29) is 24.0 Å². The Morgan fingerprint density at radius 3 is 2.53 bits per heavy atom. The van der Waals surface area contributed by atoms with E-state index in [1.165, 1.54) is 11.2 Å². The summed E-state index contributed by atoms with van der Waals surface area (Å²) < 4.78 is 11.1. The van der Waals surface area contributed by atoms with Crippen molar-refractivity contribution in [2.24, 2.45) is 0 Å². The number of rotatable bonds is 6. The molecule has 1 N–H and O–H groups in total. The van der Waals surface area contributed by atoms with Crippen LogP contribution in [0.3, 0.4) is 0 Å². The highest BCUT2D eigenvalue weighted by Gasteiger charge is 2.46. The van der Waals surface area contributed by atoms with E-state index >= 15 is 0 Å². The van der Waals surface area contributed by atoms with Crippen LogP contribution in [0.15, 0.2) is 76.9 Å². The number of aliphatic hydroxyl groups excluding tert-OH is 1. The van der Waals surface area contributed by atoms with Gasteiger partial charge in [-0.15, -0.1) is 0 Å². The fourth-order valence-corrected chi connectivity index (χ4v) is 3.88. The van der Waals surface area contributed by atoms with Crippen LogP contribution in [0.4, 0.5) is 0 Å². The average Bonchev–Trinajstić information content (AvgIpc) is 3.36. The van der Waals surface area contributed by atoms with Crippen molar-refractivity contribution in [3.05, 3.63) is 94.4 Å². The lowest BCUT2D eigenvalue weighted by Gasteiger charge is -2.24. The molecular formula is C25H22ClNO5. The summed E-state index contributed by atoms with van der Waals surface area (Å²) >= 11 is 6.04. The Morgan fingerprint density at radius 1 is 1.12 bits per heavy atom. The number of nitrogens with zero attached hydrogens (tertiary/aromatic N) is 1. The van der Waals surface area contributed by atoms with Crippen molar-refractivity contribution in [1.82, 2.24) is 4.90 Å². The van der Waals surface area contributed by atoms with Crippen molar-refractivity contribution in [2.75, 3.05) is 0 Å². The van der Waals surface area contributed by atoms with Crippen LogP contribution >= 0.6 is 11.6 Å². The van der Waals surface area contributed by atoms with Gasteiger partial charge in [0.15, 0.2) is 0 Å². The minimum atomic E-state index is -0.799. The lowest BCUT2D eigenvalue weighted by molar-refractivity contribution is -0.140. The van der Waals surface area contributed by atoms with Crippen LogP contribution in [0.1, 0.15) is 36.8 Å². The molecule has 0 spiro atoms. The summed E-state index contributed by atoms with van der Waals surface area (Å²) in [5, 5.41) is 11.7. The molecule has 32 heavy (non-hydrogen) atoms. The SMILES string of the molecule is CC(C)Oc1cccc(/C(O)=C2/C(=O)C(=O)N(Cc3ccco3)C2c2ccc(Cl)cc2)c1. The minimum absolute atomic E-state index is 0.00516. The third kappa shape index (κ3) is 4.27. The van der Waals surface area contributed by atoms with Crippen LogP contribution in [0, 0.1) is 0 Å². The summed E-state index contributed by atoms with van der Waals surface area (Å²) in [6.45, 7) is 3.87. The van der Waals surface area contributed by atoms with Crippen molar-refractivity contribution in [3.63, 3.8) is 0 Å². The Balaban J connectivity index is 1.83. The number of halogens is 1. The maximum Gasteiger partial charge on any atom is 0.296 e. The molecule has 0 saturated carbocycles. The van der Waals surface area contributed by atoms with E-state index in [0.717, 1.165) is 0 Å². The van der Waals surface area contributed by atoms with Crippen molar-refractivity contribution in [3.8, 4) is 5.75 Å². The summed E-state index contributed by atoms with van der Waals surface area (Å²) in [4.78, 5) is 27.4. The van der Waals surface area contributed by atoms with Crippen LogP contribution in [-0.2, 0) is 16.1 Å². The molecule has 2 aromatic carbocycles. The van der Waals surface area contributed by atoms with Crippen LogP contribution < -0.4 is 4.74 Å². The molecule has 1 aliphatic heterocycles. The number of ketones is 1. The second-order valence-corrected chi connectivity index (χ2v) is 8.19. The quantitative estimate of drug-likeness (QED) is 0.311. The van der Waals surface area contributed by atoms with Gasteiger partial charge >= 0.3 is 0 Å². The van der Waals surface area contributed by atoms with Gasteiger partial charge in [0.25, 0.3) is 11.7 Å². The smallest absolute Gasteiger partial charge is 0.296 e. The van der Waals surface area contributed by atoms with E-state index in [1.54, 1.807) is 60.7 Å². The van der Waals surface area contributed by atoms with Crippen molar-refractivity contribution in [1.29, 1.82) is 0 Å². The normalized spacial score (nSPS) is 17.9. The first kappa shape index (κ1) is 21.7. The molecule has 1 atom stereocenters. The topological polar surface area (TPSA) is 80.0 Å². The van der Waals surface area contributed by atoms with Crippen LogP contribution in [0.2, 0.25) is 5.02 Å². The van der Waals surface area contributed by atoms with Gasteiger partial charge in [-0.05, 0) is 55.8 Å². The Labute approximate surface area is 190 Å². The highest BCUT2D eigenvalue weighted by Crippen LogP contribution is 2.40. The van der Waals surface area contributed by atoms with Gasteiger partial charge in [-0.2, -0.15) is 0 Å². The number of hydrogen-bond donors (Lipinski definition) is 1. The number of furan rings is 1. The largest absolute Gasteiger partial charge is 0.507 e. The molecule has 1 aromatic heterocycles. The van der Waals surface area contributed by atoms with Gasteiger partial charge < -0.3 is 19.2 Å². The number of carbonyl (C=O) groups is 2. The van der Waals surface area contributed by atoms with E-state index < -0.39 is 17.7 Å². The van der Waals surface area contributed by atoms with E-state index in [9.17, 15) is 14.7 Å². The molecule has 4 rings (SSSR count).